The van der Waals surface area contributed by atoms with E-state index in [9.17, 15) is 0 Å². The fourth-order valence-corrected chi connectivity index (χ4v) is 3.13. The SMILES string of the molecule is C=C(C)c1cc(I)c(OC)c(OC)c1I. The highest BCUT2D eigenvalue weighted by molar-refractivity contribution is 14.1. The van der Waals surface area contributed by atoms with E-state index < -0.39 is 0 Å². The van der Waals surface area contributed by atoms with Crippen LogP contribution in [0.2, 0.25) is 0 Å². The number of hydrogen-bond donors (Lipinski definition) is 0. The number of benzene rings is 1. The first-order valence-corrected chi connectivity index (χ1v) is 6.44. The molecule has 0 unspecified atom stereocenters. The summed E-state index contributed by atoms with van der Waals surface area (Å²) in [7, 11) is 3.30. The highest BCUT2D eigenvalue weighted by Gasteiger charge is 2.16. The van der Waals surface area contributed by atoms with Gasteiger partial charge in [-0.3, -0.25) is 0 Å². The summed E-state index contributed by atoms with van der Waals surface area (Å²) in [5.74, 6) is 1.57. The Morgan fingerprint density at radius 2 is 1.73 bits per heavy atom. The normalized spacial score (nSPS) is 9.93. The van der Waals surface area contributed by atoms with Gasteiger partial charge in [0, 0.05) is 0 Å². The lowest BCUT2D eigenvalue weighted by Crippen LogP contribution is -1.98. The van der Waals surface area contributed by atoms with E-state index in [0.29, 0.717) is 0 Å². The van der Waals surface area contributed by atoms with Gasteiger partial charge >= 0.3 is 0 Å². The molecular formula is C11H12I2O2. The summed E-state index contributed by atoms with van der Waals surface area (Å²) >= 11 is 4.49. The van der Waals surface area contributed by atoms with Crippen molar-refractivity contribution < 1.29 is 9.47 Å². The van der Waals surface area contributed by atoms with Gasteiger partial charge in [-0.1, -0.05) is 6.58 Å². The van der Waals surface area contributed by atoms with Gasteiger partial charge in [-0.25, -0.2) is 0 Å². The Balaban J connectivity index is 3.51. The fourth-order valence-electron chi connectivity index (χ4n) is 1.27. The zero-order valence-electron chi connectivity index (χ0n) is 8.86. The molecule has 0 heterocycles. The second kappa shape index (κ2) is 5.38. The Labute approximate surface area is 117 Å². The standard InChI is InChI=1S/C11H12I2O2/c1-6(2)7-5-8(12)10(14-3)11(15-4)9(7)13/h5H,1H2,2-4H3. The Hall–Kier alpha value is 0.0200. The molecule has 4 heteroatoms. The highest BCUT2D eigenvalue weighted by Crippen LogP contribution is 2.40. The summed E-state index contributed by atoms with van der Waals surface area (Å²) in [6.45, 7) is 5.94. The van der Waals surface area contributed by atoms with Crippen LogP contribution in [0, 0.1) is 7.14 Å². The maximum Gasteiger partial charge on any atom is 0.175 e. The molecule has 0 fully saturated rings. The molecule has 1 rings (SSSR count). The molecule has 0 aliphatic carbocycles. The molecular weight excluding hydrogens is 418 g/mol. The first kappa shape index (κ1) is 13.1. The van der Waals surface area contributed by atoms with E-state index in [-0.39, 0.29) is 0 Å². The van der Waals surface area contributed by atoms with E-state index in [4.69, 9.17) is 9.47 Å². The summed E-state index contributed by atoms with van der Waals surface area (Å²) < 4.78 is 12.8. The van der Waals surface area contributed by atoms with Crippen molar-refractivity contribution in [3.63, 3.8) is 0 Å². The molecule has 0 bridgehead atoms. The molecule has 1 aromatic carbocycles. The molecule has 0 aliphatic heterocycles. The average molecular weight is 430 g/mol. The predicted octanol–water partition coefficient (Wildman–Crippen LogP) is 3.95. The number of ether oxygens (including phenoxy) is 2. The monoisotopic (exact) mass is 430 g/mol. The number of rotatable bonds is 3. The largest absolute Gasteiger partial charge is 0.492 e. The Morgan fingerprint density at radius 1 is 1.20 bits per heavy atom. The zero-order chi connectivity index (χ0) is 11.6. The van der Waals surface area contributed by atoms with E-state index in [1.807, 2.05) is 6.92 Å². The van der Waals surface area contributed by atoms with Crippen molar-refractivity contribution in [3.05, 3.63) is 25.3 Å². The molecule has 15 heavy (non-hydrogen) atoms. The smallest absolute Gasteiger partial charge is 0.175 e. The maximum atomic E-state index is 5.36. The van der Waals surface area contributed by atoms with Crippen LogP contribution in [0.5, 0.6) is 11.5 Å². The highest BCUT2D eigenvalue weighted by atomic mass is 127. The minimum atomic E-state index is 0.781. The number of allylic oxidation sites excluding steroid dienone is 1. The van der Waals surface area contributed by atoms with Crippen molar-refractivity contribution >= 4 is 50.8 Å². The van der Waals surface area contributed by atoms with Gasteiger partial charge in [0.25, 0.3) is 0 Å². The quantitative estimate of drug-likeness (QED) is 0.677. The van der Waals surface area contributed by atoms with Crippen LogP contribution in [0.1, 0.15) is 12.5 Å². The number of hydrogen-bond acceptors (Lipinski definition) is 2. The van der Waals surface area contributed by atoms with Gasteiger partial charge in [-0.2, -0.15) is 0 Å². The Morgan fingerprint density at radius 3 is 2.13 bits per heavy atom. The molecule has 0 saturated heterocycles. The molecule has 2 nitrogen and oxygen atoms in total. The Bertz CT molecular complexity index is 400. The van der Waals surface area contributed by atoms with Crippen molar-refractivity contribution in [2.45, 2.75) is 6.92 Å². The maximum absolute atomic E-state index is 5.36. The molecule has 0 aromatic heterocycles. The minimum absolute atomic E-state index is 0.781. The third-order valence-corrected chi connectivity index (χ3v) is 3.87. The average Bonchev–Trinajstić information content (AvgIpc) is 2.19. The molecule has 0 atom stereocenters. The van der Waals surface area contributed by atoms with E-state index in [1.54, 1.807) is 14.2 Å². The van der Waals surface area contributed by atoms with Crippen molar-refractivity contribution in [3.8, 4) is 11.5 Å². The molecule has 0 radical (unpaired) electrons. The zero-order valence-corrected chi connectivity index (χ0v) is 13.2. The van der Waals surface area contributed by atoms with E-state index in [2.05, 4.69) is 57.8 Å². The first-order valence-electron chi connectivity index (χ1n) is 4.28. The second-order valence-corrected chi connectivity index (χ2v) is 5.31. The molecule has 0 amide bonds. The van der Waals surface area contributed by atoms with Crippen LogP contribution in [0.25, 0.3) is 5.57 Å². The summed E-state index contributed by atoms with van der Waals surface area (Å²) in [6, 6.07) is 2.06. The molecule has 0 saturated carbocycles. The fraction of sp³-hybridized carbons (Fsp3) is 0.273. The van der Waals surface area contributed by atoms with Crippen molar-refractivity contribution in [2.24, 2.45) is 0 Å². The van der Waals surface area contributed by atoms with Gasteiger partial charge in [0.05, 0.1) is 21.4 Å². The summed E-state index contributed by atoms with van der Waals surface area (Å²) in [6.07, 6.45) is 0. The molecule has 1 aromatic rings. The third kappa shape index (κ3) is 2.58. The first-order chi connectivity index (χ1) is 7.02. The van der Waals surface area contributed by atoms with Crippen LogP contribution in [-0.2, 0) is 0 Å². The van der Waals surface area contributed by atoms with E-state index in [1.165, 1.54) is 0 Å². The van der Waals surface area contributed by atoms with Crippen LogP contribution >= 0.6 is 45.2 Å². The topological polar surface area (TPSA) is 18.5 Å². The van der Waals surface area contributed by atoms with Gasteiger partial charge in [-0.15, -0.1) is 0 Å². The van der Waals surface area contributed by atoms with Gasteiger partial charge in [-0.05, 0) is 69.3 Å². The lowest BCUT2D eigenvalue weighted by atomic mass is 10.1. The minimum Gasteiger partial charge on any atom is -0.492 e. The molecule has 82 valence electrons. The van der Waals surface area contributed by atoms with Crippen molar-refractivity contribution in [2.75, 3.05) is 14.2 Å². The van der Waals surface area contributed by atoms with Crippen LogP contribution < -0.4 is 9.47 Å². The van der Waals surface area contributed by atoms with Gasteiger partial charge in [0.15, 0.2) is 11.5 Å². The van der Waals surface area contributed by atoms with Gasteiger partial charge in [0.2, 0.25) is 0 Å². The predicted molar refractivity (Wildman–Crippen MR) is 79.7 cm³/mol. The second-order valence-electron chi connectivity index (χ2n) is 3.07. The van der Waals surface area contributed by atoms with Crippen molar-refractivity contribution in [1.29, 1.82) is 0 Å². The number of methoxy groups -OCH3 is 2. The lowest BCUT2D eigenvalue weighted by Gasteiger charge is -2.15. The van der Waals surface area contributed by atoms with Crippen LogP contribution in [0.3, 0.4) is 0 Å². The Kier molecular flexibility index (Phi) is 4.69. The van der Waals surface area contributed by atoms with Crippen LogP contribution in [0.4, 0.5) is 0 Å². The van der Waals surface area contributed by atoms with Crippen LogP contribution in [0.15, 0.2) is 12.6 Å². The van der Waals surface area contributed by atoms with E-state index >= 15 is 0 Å². The molecule has 0 spiro atoms. The summed E-state index contributed by atoms with van der Waals surface area (Å²) in [5.41, 5.74) is 2.14. The summed E-state index contributed by atoms with van der Waals surface area (Å²) in [5, 5.41) is 0. The lowest BCUT2D eigenvalue weighted by molar-refractivity contribution is 0.350. The number of halogens is 2. The van der Waals surface area contributed by atoms with Crippen LogP contribution in [-0.4, -0.2) is 14.2 Å². The molecule has 0 aliphatic rings. The third-order valence-electron chi connectivity index (χ3n) is 2.00. The van der Waals surface area contributed by atoms with Gasteiger partial charge in [0.1, 0.15) is 0 Å². The van der Waals surface area contributed by atoms with Crippen molar-refractivity contribution in [1.82, 2.24) is 0 Å². The summed E-state index contributed by atoms with van der Waals surface area (Å²) in [4.78, 5) is 0. The van der Waals surface area contributed by atoms with E-state index in [0.717, 1.165) is 29.8 Å². The molecule has 0 N–H and O–H groups in total. The van der Waals surface area contributed by atoms with Gasteiger partial charge < -0.3 is 9.47 Å².